The minimum absolute atomic E-state index is 0.489. The molecule has 0 amide bonds. The Morgan fingerprint density at radius 3 is 2.47 bits per heavy atom. The van der Waals surface area contributed by atoms with Gasteiger partial charge < -0.3 is 10.5 Å². The molecule has 0 spiro atoms. The number of nitrogens with two attached hydrogens (primary N) is 1. The molecule has 1 saturated heterocycles. The van der Waals surface area contributed by atoms with E-state index in [4.69, 9.17) is 10.5 Å². The van der Waals surface area contributed by atoms with Crippen molar-refractivity contribution >= 4 is 0 Å². The van der Waals surface area contributed by atoms with Gasteiger partial charge in [-0.3, -0.25) is 4.90 Å². The van der Waals surface area contributed by atoms with Crippen LogP contribution in [-0.4, -0.2) is 43.8 Å². The molecule has 0 aromatic carbocycles. The first-order valence-electron chi connectivity index (χ1n) is 7.21. The second kappa shape index (κ2) is 6.17. The molecular weight excluding hydrogens is 212 g/mol. The maximum Gasteiger partial charge on any atom is 0.0595 e. The highest BCUT2D eigenvalue weighted by Crippen LogP contribution is 2.33. The Morgan fingerprint density at radius 2 is 1.88 bits per heavy atom. The zero-order chi connectivity index (χ0) is 12.3. The van der Waals surface area contributed by atoms with Crippen LogP contribution in [0, 0.1) is 11.8 Å². The molecule has 0 radical (unpaired) electrons. The Kier molecular flexibility index (Phi) is 4.83. The summed E-state index contributed by atoms with van der Waals surface area (Å²) >= 11 is 0. The van der Waals surface area contributed by atoms with Gasteiger partial charge in [-0.15, -0.1) is 0 Å². The number of rotatable bonds is 3. The van der Waals surface area contributed by atoms with Gasteiger partial charge in [0.2, 0.25) is 0 Å². The van der Waals surface area contributed by atoms with Crippen LogP contribution in [-0.2, 0) is 4.74 Å². The number of piperidine rings is 1. The van der Waals surface area contributed by atoms with Gasteiger partial charge in [0.05, 0.1) is 6.10 Å². The normalized spacial score (nSPS) is 37.2. The zero-order valence-corrected chi connectivity index (χ0v) is 11.4. The maximum absolute atomic E-state index is 5.95. The summed E-state index contributed by atoms with van der Waals surface area (Å²) in [5.41, 5.74) is 5.95. The van der Waals surface area contributed by atoms with Crippen LogP contribution in [0.1, 0.15) is 39.0 Å². The van der Waals surface area contributed by atoms with E-state index in [0.29, 0.717) is 6.10 Å². The van der Waals surface area contributed by atoms with E-state index in [9.17, 15) is 0 Å². The summed E-state index contributed by atoms with van der Waals surface area (Å²) in [6.07, 6.45) is 6.92. The summed E-state index contributed by atoms with van der Waals surface area (Å²) in [7, 11) is 1.84. The Bertz CT molecular complexity index is 226. The van der Waals surface area contributed by atoms with Crippen molar-refractivity contribution in [3.8, 4) is 0 Å². The molecule has 2 rings (SSSR count). The van der Waals surface area contributed by atoms with Crippen LogP contribution in [0.4, 0.5) is 0 Å². The van der Waals surface area contributed by atoms with Crippen LogP contribution < -0.4 is 5.73 Å². The van der Waals surface area contributed by atoms with E-state index in [1.54, 1.807) is 0 Å². The number of methoxy groups -OCH3 is 1. The van der Waals surface area contributed by atoms with Gasteiger partial charge in [-0.25, -0.2) is 0 Å². The van der Waals surface area contributed by atoms with Crippen molar-refractivity contribution < 1.29 is 4.74 Å². The van der Waals surface area contributed by atoms with E-state index >= 15 is 0 Å². The second-order valence-corrected chi connectivity index (χ2v) is 5.95. The van der Waals surface area contributed by atoms with Gasteiger partial charge in [-0.2, -0.15) is 0 Å². The summed E-state index contributed by atoms with van der Waals surface area (Å²) in [6.45, 7) is 5.65. The molecule has 3 nitrogen and oxygen atoms in total. The first-order chi connectivity index (χ1) is 8.24. The highest BCUT2D eigenvalue weighted by Gasteiger charge is 2.33. The SMILES string of the molecule is COC1CCN(C2CC(C)CCC2CN)CC1. The van der Waals surface area contributed by atoms with E-state index in [0.717, 1.165) is 24.4 Å². The van der Waals surface area contributed by atoms with Crippen LogP contribution in [0.5, 0.6) is 0 Å². The molecule has 1 saturated carbocycles. The lowest BCUT2D eigenvalue weighted by atomic mass is 9.77. The molecule has 2 aliphatic rings. The van der Waals surface area contributed by atoms with Gasteiger partial charge in [0.1, 0.15) is 0 Å². The summed E-state index contributed by atoms with van der Waals surface area (Å²) in [6, 6.07) is 0.738. The van der Waals surface area contributed by atoms with Crippen molar-refractivity contribution in [2.75, 3.05) is 26.7 Å². The molecule has 3 heteroatoms. The standard InChI is InChI=1S/C14H28N2O/c1-11-3-4-12(10-15)14(9-11)16-7-5-13(17-2)6-8-16/h11-14H,3-10,15H2,1-2H3. The smallest absolute Gasteiger partial charge is 0.0595 e. The monoisotopic (exact) mass is 240 g/mol. The number of likely N-dealkylation sites (tertiary alicyclic amines) is 1. The third kappa shape index (κ3) is 3.21. The summed E-state index contributed by atoms with van der Waals surface area (Å²) in [5, 5.41) is 0. The van der Waals surface area contributed by atoms with Gasteiger partial charge in [-0.1, -0.05) is 13.3 Å². The number of nitrogens with zero attached hydrogens (tertiary/aromatic N) is 1. The Hall–Kier alpha value is -0.120. The molecule has 17 heavy (non-hydrogen) atoms. The van der Waals surface area contributed by atoms with Crippen molar-refractivity contribution in [2.24, 2.45) is 17.6 Å². The van der Waals surface area contributed by atoms with Crippen LogP contribution in [0.3, 0.4) is 0 Å². The highest BCUT2D eigenvalue weighted by atomic mass is 16.5. The van der Waals surface area contributed by atoms with Crippen LogP contribution in [0.15, 0.2) is 0 Å². The van der Waals surface area contributed by atoms with Crippen LogP contribution >= 0.6 is 0 Å². The lowest BCUT2D eigenvalue weighted by molar-refractivity contribution is 0.00317. The number of hydrogen-bond donors (Lipinski definition) is 1. The quantitative estimate of drug-likeness (QED) is 0.818. The van der Waals surface area contributed by atoms with E-state index in [2.05, 4.69) is 11.8 Å². The summed E-state index contributed by atoms with van der Waals surface area (Å²) in [4.78, 5) is 2.68. The fourth-order valence-electron chi connectivity index (χ4n) is 3.58. The largest absolute Gasteiger partial charge is 0.381 e. The molecule has 0 aromatic heterocycles. The van der Waals surface area contributed by atoms with Crippen LogP contribution in [0.25, 0.3) is 0 Å². The molecule has 0 aromatic rings. The molecule has 2 fully saturated rings. The molecule has 0 bridgehead atoms. The van der Waals surface area contributed by atoms with Gasteiger partial charge in [0.15, 0.2) is 0 Å². The molecular formula is C14H28N2O. The third-order valence-electron chi connectivity index (χ3n) is 4.80. The Balaban J connectivity index is 1.90. The van der Waals surface area contributed by atoms with Crippen LogP contribution in [0.2, 0.25) is 0 Å². The minimum Gasteiger partial charge on any atom is -0.381 e. The zero-order valence-electron chi connectivity index (χ0n) is 11.4. The predicted molar refractivity (Wildman–Crippen MR) is 71.0 cm³/mol. The molecule has 100 valence electrons. The molecule has 3 atom stereocenters. The van der Waals surface area contributed by atoms with Crippen molar-refractivity contribution in [1.82, 2.24) is 4.90 Å². The van der Waals surface area contributed by atoms with Gasteiger partial charge in [0, 0.05) is 26.2 Å². The number of hydrogen-bond acceptors (Lipinski definition) is 3. The highest BCUT2D eigenvalue weighted by molar-refractivity contribution is 4.88. The second-order valence-electron chi connectivity index (χ2n) is 5.95. The van der Waals surface area contributed by atoms with Gasteiger partial charge in [-0.05, 0) is 44.1 Å². The molecule has 1 aliphatic heterocycles. The van der Waals surface area contributed by atoms with Crippen molar-refractivity contribution in [3.05, 3.63) is 0 Å². The molecule has 1 heterocycles. The number of ether oxygens (including phenoxy) is 1. The fourth-order valence-corrected chi connectivity index (χ4v) is 3.58. The lowest BCUT2D eigenvalue weighted by Gasteiger charge is -2.44. The van der Waals surface area contributed by atoms with E-state index in [1.165, 1.54) is 45.2 Å². The average Bonchev–Trinajstić information content (AvgIpc) is 2.39. The molecule has 2 N–H and O–H groups in total. The Labute approximate surface area is 106 Å². The fraction of sp³-hybridized carbons (Fsp3) is 1.00. The van der Waals surface area contributed by atoms with E-state index in [1.807, 2.05) is 7.11 Å². The van der Waals surface area contributed by atoms with Gasteiger partial charge >= 0.3 is 0 Å². The minimum atomic E-state index is 0.489. The van der Waals surface area contributed by atoms with E-state index < -0.39 is 0 Å². The summed E-state index contributed by atoms with van der Waals surface area (Å²) < 4.78 is 5.45. The van der Waals surface area contributed by atoms with Crippen molar-refractivity contribution in [3.63, 3.8) is 0 Å². The topological polar surface area (TPSA) is 38.5 Å². The predicted octanol–water partition coefficient (Wildman–Crippen LogP) is 1.86. The molecule has 1 aliphatic carbocycles. The lowest BCUT2D eigenvalue weighted by Crippen LogP contribution is -2.50. The first kappa shape index (κ1) is 13.3. The summed E-state index contributed by atoms with van der Waals surface area (Å²) in [5.74, 6) is 1.60. The molecule has 3 unspecified atom stereocenters. The van der Waals surface area contributed by atoms with Gasteiger partial charge in [0.25, 0.3) is 0 Å². The van der Waals surface area contributed by atoms with Crippen molar-refractivity contribution in [2.45, 2.75) is 51.2 Å². The van der Waals surface area contributed by atoms with Crippen molar-refractivity contribution in [1.29, 1.82) is 0 Å². The Morgan fingerprint density at radius 1 is 1.18 bits per heavy atom. The maximum atomic E-state index is 5.95. The van der Waals surface area contributed by atoms with E-state index in [-0.39, 0.29) is 0 Å². The first-order valence-corrected chi connectivity index (χ1v) is 7.21. The average molecular weight is 240 g/mol. The third-order valence-corrected chi connectivity index (χ3v) is 4.80.